The van der Waals surface area contributed by atoms with E-state index in [9.17, 15) is 0 Å². The molecule has 5 rings (SSSR count). The molecule has 1 aliphatic rings. The second-order valence-electron chi connectivity index (χ2n) is 8.48. The zero-order chi connectivity index (χ0) is 21.8. The monoisotopic (exact) mass is 461 g/mol. The SMILES string of the molecule is Clc1ccc(-c2sc3ccccc3c2Cc2ccc(OCCN3CCCCC3)cc2)cc1. The number of rotatable bonds is 7. The molecule has 1 fully saturated rings. The van der Waals surface area contributed by atoms with Crippen LogP contribution in [0.4, 0.5) is 0 Å². The fraction of sp³-hybridized carbons (Fsp3) is 0.286. The molecule has 1 saturated heterocycles. The van der Waals surface area contributed by atoms with Crippen molar-refractivity contribution >= 4 is 33.0 Å². The molecule has 32 heavy (non-hydrogen) atoms. The van der Waals surface area contributed by atoms with Gasteiger partial charge < -0.3 is 4.74 Å². The van der Waals surface area contributed by atoms with Gasteiger partial charge in [0.05, 0.1) is 0 Å². The summed E-state index contributed by atoms with van der Waals surface area (Å²) in [5, 5.41) is 2.11. The van der Waals surface area contributed by atoms with Gasteiger partial charge in [-0.3, -0.25) is 4.90 Å². The number of ether oxygens (including phenoxy) is 1. The third kappa shape index (κ3) is 5.01. The molecule has 164 valence electrons. The van der Waals surface area contributed by atoms with Crippen LogP contribution in [0.15, 0.2) is 72.8 Å². The fourth-order valence-electron chi connectivity index (χ4n) is 4.49. The zero-order valence-corrected chi connectivity index (χ0v) is 19.8. The molecule has 0 aliphatic carbocycles. The minimum Gasteiger partial charge on any atom is -0.492 e. The highest BCUT2D eigenvalue weighted by Crippen LogP contribution is 2.40. The number of benzene rings is 3. The normalized spacial score (nSPS) is 14.7. The van der Waals surface area contributed by atoms with Gasteiger partial charge in [-0.25, -0.2) is 0 Å². The van der Waals surface area contributed by atoms with Crippen molar-refractivity contribution in [3.8, 4) is 16.2 Å². The lowest BCUT2D eigenvalue weighted by atomic mass is 9.99. The standard InChI is InChI=1S/C28H28ClNOS/c29-23-12-10-22(11-13-23)28-26(25-6-2-3-7-27(25)32-28)20-21-8-14-24(15-9-21)31-19-18-30-16-4-1-5-17-30/h2-3,6-15H,1,4-5,16-20H2. The van der Waals surface area contributed by atoms with Gasteiger partial charge in [0, 0.05) is 21.1 Å². The molecular weight excluding hydrogens is 434 g/mol. The van der Waals surface area contributed by atoms with Crippen LogP contribution < -0.4 is 4.74 Å². The lowest BCUT2D eigenvalue weighted by Crippen LogP contribution is -2.33. The van der Waals surface area contributed by atoms with Gasteiger partial charge in [-0.05, 0) is 84.8 Å². The second kappa shape index (κ2) is 10.1. The first kappa shape index (κ1) is 21.5. The van der Waals surface area contributed by atoms with Crippen LogP contribution in [0.25, 0.3) is 20.5 Å². The Bertz CT molecular complexity index is 1160. The smallest absolute Gasteiger partial charge is 0.119 e. The Morgan fingerprint density at radius 3 is 2.38 bits per heavy atom. The molecule has 2 nitrogen and oxygen atoms in total. The Morgan fingerprint density at radius 2 is 1.59 bits per heavy atom. The molecule has 0 N–H and O–H groups in total. The van der Waals surface area contributed by atoms with Crippen molar-refractivity contribution in [3.05, 3.63) is 88.9 Å². The van der Waals surface area contributed by atoms with Crippen LogP contribution in [0, 0.1) is 0 Å². The van der Waals surface area contributed by atoms with Crippen molar-refractivity contribution in [1.29, 1.82) is 0 Å². The second-order valence-corrected chi connectivity index (χ2v) is 9.97. The van der Waals surface area contributed by atoms with Gasteiger partial charge in [0.1, 0.15) is 12.4 Å². The van der Waals surface area contributed by atoms with Crippen LogP contribution in [-0.4, -0.2) is 31.1 Å². The molecule has 0 atom stereocenters. The molecule has 0 radical (unpaired) electrons. The zero-order valence-electron chi connectivity index (χ0n) is 18.2. The van der Waals surface area contributed by atoms with Crippen LogP contribution >= 0.6 is 22.9 Å². The summed E-state index contributed by atoms with van der Waals surface area (Å²) < 4.78 is 7.35. The maximum Gasteiger partial charge on any atom is 0.119 e. The highest BCUT2D eigenvalue weighted by molar-refractivity contribution is 7.22. The number of fused-ring (bicyclic) bond motifs is 1. The van der Waals surface area contributed by atoms with E-state index in [4.69, 9.17) is 16.3 Å². The summed E-state index contributed by atoms with van der Waals surface area (Å²) >= 11 is 7.99. The van der Waals surface area contributed by atoms with E-state index in [1.165, 1.54) is 64.0 Å². The molecule has 0 spiro atoms. The predicted molar refractivity (Wildman–Crippen MR) is 137 cm³/mol. The third-order valence-electron chi connectivity index (χ3n) is 6.23. The summed E-state index contributed by atoms with van der Waals surface area (Å²) in [6.07, 6.45) is 4.92. The Balaban J connectivity index is 1.31. The van der Waals surface area contributed by atoms with Crippen molar-refractivity contribution < 1.29 is 4.74 Å². The number of piperidine rings is 1. The molecule has 3 aromatic carbocycles. The minimum atomic E-state index is 0.759. The van der Waals surface area contributed by atoms with Crippen molar-refractivity contribution in [1.82, 2.24) is 4.90 Å². The van der Waals surface area contributed by atoms with E-state index in [2.05, 4.69) is 65.6 Å². The van der Waals surface area contributed by atoms with Crippen LogP contribution in [-0.2, 0) is 6.42 Å². The van der Waals surface area contributed by atoms with Crippen LogP contribution in [0.1, 0.15) is 30.4 Å². The summed E-state index contributed by atoms with van der Waals surface area (Å²) in [7, 11) is 0. The maximum absolute atomic E-state index is 6.13. The molecule has 0 unspecified atom stereocenters. The van der Waals surface area contributed by atoms with Crippen LogP contribution in [0.5, 0.6) is 5.75 Å². The van der Waals surface area contributed by atoms with E-state index >= 15 is 0 Å². The lowest BCUT2D eigenvalue weighted by Gasteiger charge is -2.26. The Kier molecular flexibility index (Phi) is 6.77. The molecule has 0 saturated carbocycles. The number of hydrogen-bond acceptors (Lipinski definition) is 3. The first-order valence-electron chi connectivity index (χ1n) is 11.5. The summed E-state index contributed by atoms with van der Waals surface area (Å²) in [6.45, 7) is 4.21. The first-order chi connectivity index (χ1) is 15.8. The maximum atomic E-state index is 6.13. The number of thiophene rings is 1. The van der Waals surface area contributed by atoms with Gasteiger partial charge in [0.15, 0.2) is 0 Å². The van der Waals surface area contributed by atoms with E-state index in [1.807, 2.05) is 23.5 Å². The minimum absolute atomic E-state index is 0.759. The molecule has 2 heterocycles. The summed E-state index contributed by atoms with van der Waals surface area (Å²) in [6, 6.07) is 25.5. The van der Waals surface area contributed by atoms with Crippen LogP contribution in [0.3, 0.4) is 0 Å². The van der Waals surface area contributed by atoms with E-state index < -0.39 is 0 Å². The molecule has 4 aromatic rings. The predicted octanol–water partition coefficient (Wildman–Crippen LogP) is 7.68. The van der Waals surface area contributed by atoms with E-state index in [0.717, 1.165) is 30.3 Å². The molecule has 1 aromatic heterocycles. The van der Waals surface area contributed by atoms with Crippen molar-refractivity contribution in [2.45, 2.75) is 25.7 Å². The Morgan fingerprint density at radius 1 is 0.844 bits per heavy atom. The first-order valence-corrected chi connectivity index (χ1v) is 12.7. The summed E-state index contributed by atoms with van der Waals surface area (Å²) in [5.41, 5.74) is 3.90. The Labute approximate surface area is 199 Å². The van der Waals surface area contributed by atoms with E-state index in [-0.39, 0.29) is 0 Å². The molecule has 0 amide bonds. The average Bonchev–Trinajstić information content (AvgIpc) is 3.20. The van der Waals surface area contributed by atoms with Crippen molar-refractivity contribution in [2.24, 2.45) is 0 Å². The van der Waals surface area contributed by atoms with Crippen molar-refractivity contribution in [3.63, 3.8) is 0 Å². The van der Waals surface area contributed by atoms with E-state index in [0.29, 0.717) is 0 Å². The van der Waals surface area contributed by atoms with Crippen LogP contribution in [0.2, 0.25) is 5.02 Å². The van der Waals surface area contributed by atoms with Gasteiger partial charge in [-0.2, -0.15) is 0 Å². The molecular formula is C28H28ClNOS. The average molecular weight is 462 g/mol. The van der Waals surface area contributed by atoms with Gasteiger partial charge in [0.25, 0.3) is 0 Å². The van der Waals surface area contributed by atoms with Gasteiger partial charge in [0.2, 0.25) is 0 Å². The summed E-state index contributed by atoms with van der Waals surface area (Å²) in [5.74, 6) is 0.957. The van der Waals surface area contributed by atoms with Gasteiger partial charge in [-0.1, -0.05) is 60.5 Å². The quantitative estimate of drug-likeness (QED) is 0.280. The molecule has 4 heteroatoms. The number of likely N-dealkylation sites (tertiary alicyclic amines) is 1. The lowest BCUT2D eigenvalue weighted by molar-refractivity contribution is 0.183. The van der Waals surface area contributed by atoms with Gasteiger partial charge in [-0.15, -0.1) is 11.3 Å². The van der Waals surface area contributed by atoms with Crippen molar-refractivity contribution in [2.75, 3.05) is 26.2 Å². The molecule has 1 aliphatic heterocycles. The van der Waals surface area contributed by atoms with E-state index in [1.54, 1.807) is 0 Å². The fourth-order valence-corrected chi connectivity index (χ4v) is 5.84. The number of halogens is 1. The largest absolute Gasteiger partial charge is 0.492 e. The topological polar surface area (TPSA) is 12.5 Å². The molecule has 0 bridgehead atoms. The summed E-state index contributed by atoms with van der Waals surface area (Å²) in [4.78, 5) is 3.84. The third-order valence-corrected chi connectivity index (χ3v) is 7.75. The Hall–Kier alpha value is -2.33. The highest BCUT2D eigenvalue weighted by atomic mass is 35.5. The van der Waals surface area contributed by atoms with Gasteiger partial charge >= 0.3 is 0 Å². The number of hydrogen-bond donors (Lipinski definition) is 0. The number of nitrogens with zero attached hydrogens (tertiary/aromatic N) is 1. The highest BCUT2D eigenvalue weighted by Gasteiger charge is 2.14.